The summed E-state index contributed by atoms with van der Waals surface area (Å²) >= 11 is 11.9. The molecule has 4 rings (SSSR count). The standard InChI is InChI=1S/C21H24Cl2N4O2/c22-15-5-6-19(17(23)12-15)29-13-21(28)24-16-7-9-27(10-8-16)20-11-14-3-1-2-4-18(14)25-26-20/h5-6,11-12,16H,1-4,7-10,13H2,(H,24,28). The van der Waals surface area contributed by atoms with Crippen LogP contribution in [0, 0.1) is 0 Å². The number of amides is 1. The highest BCUT2D eigenvalue weighted by molar-refractivity contribution is 6.35. The molecule has 1 saturated heterocycles. The minimum atomic E-state index is -0.150. The van der Waals surface area contributed by atoms with Crippen LogP contribution in [0.2, 0.25) is 10.0 Å². The van der Waals surface area contributed by atoms with Crippen molar-refractivity contribution < 1.29 is 9.53 Å². The van der Waals surface area contributed by atoms with E-state index in [9.17, 15) is 4.79 Å². The summed E-state index contributed by atoms with van der Waals surface area (Å²) in [7, 11) is 0. The SMILES string of the molecule is O=C(COc1ccc(Cl)cc1Cl)NC1CCN(c2cc3c(nn2)CCCC3)CC1. The summed E-state index contributed by atoms with van der Waals surface area (Å²) in [5, 5.41) is 12.8. The maximum absolute atomic E-state index is 12.2. The van der Waals surface area contributed by atoms with Crippen molar-refractivity contribution >= 4 is 34.9 Å². The summed E-state index contributed by atoms with van der Waals surface area (Å²) in [6.45, 7) is 1.63. The summed E-state index contributed by atoms with van der Waals surface area (Å²) in [5.74, 6) is 1.26. The summed E-state index contributed by atoms with van der Waals surface area (Å²) in [6.07, 6.45) is 6.32. The number of aromatic nitrogens is 2. The molecule has 0 spiro atoms. The van der Waals surface area contributed by atoms with Gasteiger partial charge in [-0.15, -0.1) is 5.10 Å². The molecule has 0 bridgehead atoms. The number of carbonyl (C=O) groups excluding carboxylic acids is 1. The van der Waals surface area contributed by atoms with Gasteiger partial charge in [0, 0.05) is 24.2 Å². The third-order valence-corrected chi connectivity index (χ3v) is 6.02. The van der Waals surface area contributed by atoms with Gasteiger partial charge < -0.3 is 15.0 Å². The molecule has 8 heteroatoms. The molecule has 1 aliphatic heterocycles. The van der Waals surface area contributed by atoms with E-state index in [0.29, 0.717) is 15.8 Å². The zero-order chi connectivity index (χ0) is 20.2. The molecule has 29 heavy (non-hydrogen) atoms. The average Bonchev–Trinajstić information content (AvgIpc) is 2.73. The highest BCUT2D eigenvalue weighted by Gasteiger charge is 2.23. The topological polar surface area (TPSA) is 67.3 Å². The number of nitrogens with zero attached hydrogens (tertiary/aromatic N) is 3. The minimum Gasteiger partial charge on any atom is -0.482 e. The van der Waals surface area contributed by atoms with Crippen LogP contribution >= 0.6 is 23.2 Å². The first-order valence-electron chi connectivity index (χ1n) is 10.1. The predicted octanol–water partition coefficient (Wildman–Crippen LogP) is 3.83. The third-order valence-electron chi connectivity index (χ3n) is 5.49. The Morgan fingerprint density at radius 2 is 1.93 bits per heavy atom. The predicted molar refractivity (Wildman–Crippen MR) is 114 cm³/mol. The molecule has 1 N–H and O–H groups in total. The van der Waals surface area contributed by atoms with Crippen molar-refractivity contribution in [2.24, 2.45) is 0 Å². The third kappa shape index (κ3) is 5.11. The molecule has 0 atom stereocenters. The molecule has 0 radical (unpaired) electrons. The normalized spacial score (nSPS) is 17.0. The average molecular weight is 435 g/mol. The summed E-state index contributed by atoms with van der Waals surface area (Å²) < 4.78 is 5.51. The van der Waals surface area contributed by atoms with E-state index in [0.717, 1.165) is 50.3 Å². The molecule has 1 aliphatic carbocycles. The molecule has 2 heterocycles. The van der Waals surface area contributed by atoms with Gasteiger partial charge in [-0.05, 0) is 68.4 Å². The van der Waals surface area contributed by atoms with Crippen LogP contribution in [0.1, 0.15) is 36.9 Å². The molecule has 0 unspecified atom stereocenters. The van der Waals surface area contributed by atoms with Gasteiger partial charge in [0.05, 0.1) is 10.7 Å². The van der Waals surface area contributed by atoms with Crippen LogP contribution < -0.4 is 15.0 Å². The van der Waals surface area contributed by atoms with Gasteiger partial charge in [0.1, 0.15) is 5.75 Å². The molecule has 0 saturated carbocycles. The van der Waals surface area contributed by atoms with Gasteiger partial charge >= 0.3 is 0 Å². The van der Waals surface area contributed by atoms with E-state index in [1.54, 1.807) is 18.2 Å². The molecule has 6 nitrogen and oxygen atoms in total. The van der Waals surface area contributed by atoms with Crippen LogP contribution in [-0.4, -0.2) is 41.8 Å². The Hall–Kier alpha value is -2.05. The number of halogens is 2. The fourth-order valence-corrected chi connectivity index (χ4v) is 4.35. The molecule has 1 aromatic heterocycles. The van der Waals surface area contributed by atoms with Crippen LogP contribution in [-0.2, 0) is 17.6 Å². The Morgan fingerprint density at radius 1 is 1.14 bits per heavy atom. The largest absolute Gasteiger partial charge is 0.482 e. The summed E-state index contributed by atoms with van der Waals surface area (Å²) in [5.41, 5.74) is 2.50. The Labute approximate surface area is 180 Å². The van der Waals surface area contributed by atoms with E-state index in [2.05, 4.69) is 26.5 Å². The fourth-order valence-electron chi connectivity index (χ4n) is 3.89. The van der Waals surface area contributed by atoms with Crippen molar-refractivity contribution in [3.8, 4) is 5.75 Å². The summed E-state index contributed by atoms with van der Waals surface area (Å²) in [4.78, 5) is 14.5. The summed E-state index contributed by atoms with van der Waals surface area (Å²) in [6, 6.07) is 7.27. The first kappa shape index (κ1) is 20.2. The van der Waals surface area contributed by atoms with E-state index in [1.807, 2.05) is 0 Å². The zero-order valence-electron chi connectivity index (χ0n) is 16.2. The smallest absolute Gasteiger partial charge is 0.258 e. The molecule has 1 aromatic carbocycles. The van der Waals surface area contributed by atoms with Gasteiger partial charge in [0.25, 0.3) is 5.91 Å². The van der Waals surface area contributed by atoms with E-state index >= 15 is 0 Å². The van der Waals surface area contributed by atoms with Crippen molar-refractivity contribution in [3.05, 3.63) is 45.6 Å². The van der Waals surface area contributed by atoms with Crippen LogP contribution in [0.15, 0.2) is 24.3 Å². The number of fused-ring (bicyclic) bond motifs is 1. The van der Waals surface area contributed by atoms with Crippen molar-refractivity contribution in [2.45, 2.75) is 44.6 Å². The number of nitrogens with one attached hydrogen (secondary N) is 1. The monoisotopic (exact) mass is 434 g/mol. The minimum absolute atomic E-state index is 0.0716. The quantitative estimate of drug-likeness (QED) is 0.774. The second kappa shape index (κ2) is 9.18. The van der Waals surface area contributed by atoms with Gasteiger partial charge in [-0.25, -0.2) is 0 Å². The molecule has 2 aliphatic rings. The molecule has 2 aromatic rings. The number of hydrogen-bond donors (Lipinski definition) is 1. The Bertz CT molecular complexity index is 885. The number of piperidine rings is 1. The molecule has 1 amide bonds. The second-order valence-corrected chi connectivity index (χ2v) is 8.42. The first-order valence-corrected chi connectivity index (χ1v) is 10.8. The van der Waals surface area contributed by atoms with Crippen LogP contribution in [0.25, 0.3) is 0 Å². The number of hydrogen-bond acceptors (Lipinski definition) is 5. The Kier molecular flexibility index (Phi) is 6.40. The van der Waals surface area contributed by atoms with Gasteiger partial charge in [0.2, 0.25) is 0 Å². The maximum Gasteiger partial charge on any atom is 0.258 e. The number of benzene rings is 1. The van der Waals surface area contributed by atoms with Crippen LogP contribution in [0.3, 0.4) is 0 Å². The number of aryl methyl sites for hydroxylation is 2. The van der Waals surface area contributed by atoms with Gasteiger partial charge in [-0.3, -0.25) is 4.79 Å². The van der Waals surface area contributed by atoms with Crippen molar-refractivity contribution in [1.29, 1.82) is 0 Å². The van der Waals surface area contributed by atoms with E-state index in [4.69, 9.17) is 27.9 Å². The first-order chi connectivity index (χ1) is 14.1. The van der Waals surface area contributed by atoms with Crippen molar-refractivity contribution in [3.63, 3.8) is 0 Å². The fraction of sp³-hybridized carbons (Fsp3) is 0.476. The molecule has 1 fully saturated rings. The lowest BCUT2D eigenvalue weighted by Crippen LogP contribution is -2.46. The van der Waals surface area contributed by atoms with Gasteiger partial charge in [-0.2, -0.15) is 5.10 Å². The van der Waals surface area contributed by atoms with Crippen molar-refractivity contribution in [1.82, 2.24) is 15.5 Å². The van der Waals surface area contributed by atoms with Gasteiger partial charge in [-0.1, -0.05) is 23.2 Å². The molecular weight excluding hydrogens is 411 g/mol. The lowest BCUT2D eigenvalue weighted by molar-refractivity contribution is -0.123. The number of rotatable bonds is 5. The number of ether oxygens (including phenoxy) is 1. The van der Waals surface area contributed by atoms with Crippen molar-refractivity contribution in [2.75, 3.05) is 24.6 Å². The maximum atomic E-state index is 12.2. The highest BCUT2D eigenvalue weighted by atomic mass is 35.5. The zero-order valence-corrected chi connectivity index (χ0v) is 17.7. The van der Waals surface area contributed by atoms with E-state index in [-0.39, 0.29) is 18.6 Å². The Morgan fingerprint density at radius 3 is 2.72 bits per heavy atom. The molecular formula is C21H24Cl2N4O2. The van der Waals surface area contributed by atoms with Gasteiger partial charge in [0.15, 0.2) is 12.4 Å². The van der Waals surface area contributed by atoms with E-state index in [1.165, 1.54) is 18.4 Å². The van der Waals surface area contributed by atoms with Crippen LogP contribution in [0.5, 0.6) is 5.75 Å². The van der Waals surface area contributed by atoms with Crippen LogP contribution in [0.4, 0.5) is 5.82 Å². The lowest BCUT2D eigenvalue weighted by atomic mass is 9.96. The Balaban J connectivity index is 1.25. The number of anilines is 1. The lowest BCUT2D eigenvalue weighted by Gasteiger charge is -2.33. The molecule has 154 valence electrons. The van der Waals surface area contributed by atoms with E-state index < -0.39 is 0 Å². The second-order valence-electron chi connectivity index (χ2n) is 7.57. The highest BCUT2D eigenvalue weighted by Crippen LogP contribution is 2.27. The number of carbonyl (C=O) groups is 1.